The highest BCUT2D eigenvalue weighted by Crippen LogP contribution is 2.33. The number of carbonyl (C=O) groups is 1. The molecule has 5 heteroatoms. The smallest absolute Gasteiger partial charge is 0.224 e. The van der Waals surface area contributed by atoms with Crippen LogP contribution in [0.1, 0.15) is 17.7 Å². The highest BCUT2D eigenvalue weighted by Gasteiger charge is 2.11. The average Bonchev–Trinajstić information content (AvgIpc) is 3.20. The molecule has 156 valence electrons. The molecule has 0 aliphatic carbocycles. The van der Waals surface area contributed by atoms with Crippen molar-refractivity contribution in [3.63, 3.8) is 0 Å². The zero-order chi connectivity index (χ0) is 21.5. The summed E-state index contributed by atoms with van der Waals surface area (Å²) in [4.78, 5) is 18.2. The summed E-state index contributed by atoms with van der Waals surface area (Å²) in [6.45, 7) is 2.61. The number of carbonyl (C=O) groups excluding carboxylic acids is 1. The van der Waals surface area contributed by atoms with Gasteiger partial charge in [-0.25, -0.2) is 4.98 Å². The number of benzene rings is 3. The molecule has 4 nitrogen and oxygen atoms in total. The van der Waals surface area contributed by atoms with Crippen LogP contribution in [0.5, 0.6) is 5.75 Å². The van der Waals surface area contributed by atoms with Crippen LogP contribution >= 0.6 is 11.3 Å². The van der Waals surface area contributed by atoms with Crippen molar-refractivity contribution < 1.29 is 9.53 Å². The number of nitrogens with zero attached hydrogens (tertiary/aromatic N) is 1. The third kappa shape index (κ3) is 5.58. The largest absolute Gasteiger partial charge is 0.494 e. The van der Waals surface area contributed by atoms with Crippen LogP contribution in [-0.4, -0.2) is 17.5 Å². The van der Waals surface area contributed by atoms with Crippen molar-refractivity contribution in [2.75, 3.05) is 11.9 Å². The number of thiazole rings is 1. The SMILES string of the molecule is Cc1sc(-c2ccccc2)nc1-c1ccc(NC(=O)CCCOc2ccccc2)cc1. The molecule has 1 aromatic heterocycles. The maximum Gasteiger partial charge on any atom is 0.224 e. The fourth-order valence-corrected chi connectivity index (χ4v) is 4.18. The van der Waals surface area contributed by atoms with Crippen molar-refractivity contribution >= 4 is 22.9 Å². The Morgan fingerprint density at radius 1 is 0.903 bits per heavy atom. The van der Waals surface area contributed by atoms with Crippen molar-refractivity contribution in [1.82, 2.24) is 4.98 Å². The quantitative estimate of drug-likeness (QED) is 0.322. The summed E-state index contributed by atoms with van der Waals surface area (Å²) < 4.78 is 5.63. The predicted molar refractivity (Wildman–Crippen MR) is 128 cm³/mol. The van der Waals surface area contributed by atoms with Crippen LogP contribution in [0.3, 0.4) is 0 Å². The predicted octanol–water partition coefficient (Wildman–Crippen LogP) is 6.58. The van der Waals surface area contributed by atoms with E-state index in [1.54, 1.807) is 11.3 Å². The van der Waals surface area contributed by atoms with E-state index in [0.717, 1.165) is 33.3 Å². The van der Waals surface area contributed by atoms with E-state index in [9.17, 15) is 4.79 Å². The van der Waals surface area contributed by atoms with Gasteiger partial charge in [-0.2, -0.15) is 0 Å². The molecule has 1 heterocycles. The van der Waals surface area contributed by atoms with Gasteiger partial charge in [0.2, 0.25) is 5.91 Å². The lowest BCUT2D eigenvalue weighted by Gasteiger charge is -2.08. The first kappa shape index (κ1) is 20.8. The first-order chi connectivity index (χ1) is 15.2. The molecule has 0 unspecified atom stereocenters. The van der Waals surface area contributed by atoms with E-state index in [0.29, 0.717) is 19.4 Å². The minimum absolute atomic E-state index is 0.0133. The maximum absolute atomic E-state index is 12.2. The lowest BCUT2D eigenvalue weighted by molar-refractivity contribution is -0.116. The molecule has 0 radical (unpaired) electrons. The number of nitrogens with one attached hydrogen (secondary N) is 1. The monoisotopic (exact) mass is 428 g/mol. The Bertz CT molecular complexity index is 1120. The summed E-state index contributed by atoms with van der Waals surface area (Å²) in [5.74, 6) is 0.812. The number of hydrogen-bond donors (Lipinski definition) is 1. The fraction of sp³-hybridized carbons (Fsp3) is 0.154. The molecule has 4 rings (SSSR count). The van der Waals surface area contributed by atoms with E-state index < -0.39 is 0 Å². The molecule has 31 heavy (non-hydrogen) atoms. The highest BCUT2D eigenvalue weighted by molar-refractivity contribution is 7.15. The minimum atomic E-state index is -0.0133. The normalized spacial score (nSPS) is 10.6. The van der Waals surface area contributed by atoms with Crippen LogP contribution in [0.4, 0.5) is 5.69 Å². The van der Waals surface area contributed by atoms with Gasteiger partial charge in [-0.3, -0.25) is 4.79 Å². The van der Waals surface area contributed by atoms with Gasteiger partial charge in [0, 0.05) is 28.1 Å². The third-order valence-electron chi connectivity index (χ3n) is 4.82. The van der Waals surface area contributed by atoms with Gasteiger partial charge in [-0.15, -0.1) is 11.3 Å². The van der Waals surface area contributed by atoms with Crippen LogP contribution in [0.25, 0.3) is 21.8 Å². The highest BCUT2D eigenvalue weighted by atomic mass is 32.1. The molecular weight excluding hydrogens is 404 g/mol. The fourth-order valence-electron chi connectivity index (χ4n) is 3.24. The Labute approximate surface area is 186 Å². The standard InChI is InChI=1S/C26H24N2O2S/c1-19-25(28-26(31-19)21-9-4-2-5-10-21)20-14-16-22(17-15-20)27-24(29)13-8-18-30-23-11-6-3-7-12-23/h2-7,9-12,14-17H,8,13,18H2,1H3,(H,27,29). The van der Waals surface area contributed by atoms with Gasteiger partial charge >= 0.3 is 0 Å². The molecule has 0 saturated carbocycles. The van der Waals surface area contributed by atoms with Crippen molar-refractivity contribution in [3.05, 3.63) is 89.8 Å². The Balaban J connectivity index is 1.31. The van der Waals surface area contributed by atoms with E-state index in [1.165, 1.54) is 4.88 Å². The van der Waals surface area contributed by atoms with Crippen LogP contribution in [-0.2, 0) is 4.79 Å². The zero-order valence-corrected chi connectivity index (χ0v) is 18.2. The van der Waals surface area contributed by atoms with E-state index >= 15 is 0 Å². The topological polar surface area (TPSA) is 51.2 Å². The van der Waals surface area contributed by atoms with Gasteiger partial charge < -0.3 is 10.1 Å². The van der Waals surface area contributed by atoms with Crippen molar-refractivity contribution in [2.45, 2.75) is 19.8 Å². The first-order valence-corrected chi connectivity index (χ1v) is 11.1. The number of aromatic nitrogens is 1. The summed E-state index contributed by atoms with van der Waals surface area (Å²) in [5, 5.41) is 3.97. The molecule has 0 spiro atoms. The van der Waals surface area contributed by atoms with Crippen LogP contribution < -0.4 is 10.1 Å². The molecule has 0 aliphatic rings. The zero-order valence-electron chi connectivity index (χ0n) is 17.4. The lowest BCUT2D eigenvalue weighted by atomic mass is 10.1. The van der Waals surface area contributed by atoms with E-state index in [1.807, 2.05) is 72.8 Å². The van der Waals surface area contributed by atoms with Gasteiger partial charge in [0.25, 0.3) is 0 Å². The van der Waals surface area contributed by atoms with Crippen LogP contribution in [0, 0.1) is 6.92 Å². The van der Waals surface area contributed by atoms with E-state index in [-0.39, 0.29) is 5.91 Å². The number of amides is 1. The number of aryl methyl sites for hydroxylation is 1. The average molecular weight is 429 g/mol. The Morgan fingerprint density at radius 3 is 2.29 bits per heavy atom. The summed E-state index contributed by atoms with van der Waals surface area (Å²) in [5.41, 5.74) is 3.95. The van der Waals surface area contributed by atoms with Gasteiger partial charge in [0.05, 0.1) is 12.3 Å². The van der Waals surface area contributed by atoms with Crippen molar-refractivity contribution in [2.24, 2.45) is 0 Å². The summed E-state index contributed by atoms with van der Waals surface area (Å²) in [6, 6.07) is 27.7. The maximum atomic E-state index is 12.2. The molecule has 1 N–H and O–H groups in total. The molecule has 3 aromatic carbocycles. The van der Waals surface area contributed by atoms with Gasteiger partial charge in [-0.1, -0.05) is 60.7 Å². The van der Waals surface area contributed by atoms with Crippen molar-refractivity contribution in [1.29, 1.82) is 0 Å². The minimum Gasteiger partial charge on any atom is -0.494 e. The number of para-hydroxylation sites is 1. The van der Waals surface area contributed by atoms with E-state index in [4.69, 9.17) is 9.72 Å². The second kappa shape index (κ2) is 10.0. The van der Waals surface area contributed by atoms with Gasteiger partial charge in [0.15, 0.2) is 0 Å². The number of ether oxygens (including phenoxy) is 1. The molecule has 0 bridgehead atoms. The number of rotatable bonds is 8. The Kier molecular flexibility index (Phi) is 6.75. The van der Waals surface area contributed by atoms with Gasteiger partial charge in [-0.05, 0) is 37.6 Å². The number of hydrogen-bond acceptors (Lipinski definition) is 4. The molecule has 0 fully saturated rings. The summed E-state index contributed by atoms with van der Waals surface area (Å²) in [6.07, 6.45) is 1.08. The van der Waals surface area contributed by atoms with Crippen molar-refractivity contribution in [3.8, 4) is 27.6 Å². The molecule has 0 atom stereocenters. The van der Waals surface area contributed by atoms with Crippen LogP contribution in [0.2, 0.25) is 0 Å². The Hall–Kier alpha value is -3.44. The lowest BCUT2D eigenvalue weighted by Crippen LogP contribution is -2.12. The molecule has 0 aliphatic heterocycles. The Morgan fingerprint density at radius 2 is 1.58 bits per heavy atom. The second-order valence-electron chi connectivity index (χ2n) is 7.18. The summed E-state index contributed by atoms with van der Waals surface area (Å²) in [7, 11) is 0. The molecular formula is C26H24N2O2S. The number of anilines is 1. The first-order valence-electron chi connectivity index (χ1n) is 10.3. The molecule has 0 saturated heterocycles. The third-order valence-corrected chi connectivity index (χ3v) is 5.84. The second-order valence-corrected chi connectivity index (χ2v) is 8.38. The summed E-state index contributed by atoms with van der Waals surface area (Å²) >= 11 is 1.69. The van der Waals surface area contributed by atoms with Crippen LogP contribution in [0.15, 0.2) is 84.9 Å². The van der Waals surface area contributed by atoms with E-state index in [2.05, 4.69) is 24.4 Å². The molecule has 4 aromatic rings. The van der Waals surface area contributed by atoms with Gasteiger partial charge in [0.1, 0.15) is 10.8 Å². The molecule has 1 amide bonds.